The summed E-state index contributed by atoms with van der Waals surface area (Å²) in [7, 11) is 0. The van der Waals surface area contributed by atoms with Crippen molar-refractivity contribution in [2.75, 3.05) is 0 Å². The van der Waals surface area contributed by atoms with Gasteiger partial charge in [-0.2, -0.15) is 0 Å². The van der Waals surface area contributed by atoms with Crippen LogP contribution in [-0.2, 0) is 5.54 Å². The number of rotatable bonds is 3. The Morgan fingerprint density at radius 1 is 0.947 bits per heavy atom. The van der Waals surface area contributed by atoms with Gasteiger partial charge in [0.1, 0.15) is 0 Å². The van der Waals surface area contributed by atoms with E-state index < -0.39 is 5.54 Å². The molecule has 3 heteroatoms. The summed E-state index contributed by atoms with van der Waals surface area (Å²) in [5.74, 6) is 0. The molecular formula is C16H17N3. The molecule has 0 aromatic heterocycles. The van der Waals surface area contributed by atoms with E-state index in [1.165, 1.54) is 11.1 Å². The Kier molecular flexibility index (Phi) is 3.59. The van der Waals surface area contributed by atoms with E-state index in [4.69, 9.17) is 5.53 Å². The molecule has 1 atom stereocenters. The Morgan fingerprint density at radius 2 is 1.63 bits per heavy atom. The van der Waals surface area contributed by atoms with Gasteiger partial charge in [0, 0.05) is 4.91 Å². The van der Waals surface area contributed by atoms with Gasteiger partial charge >= 0.3 is 0 Å². The maximum atomic E-state index is 8.91. The Balaban J connectivity index is 2.63. The van der Waals surface area contributed by atoms with Crippen LogP contribution in [0.3, 0.4) is 0 Å². The van der Waals surface area contributed by atoms with Gasteiger partial charge < -0.3 is 0 Å². The molecule has 2 rings (SSSR count). The molecule has 0 saturated heterocycles. The molecule has 0 bridgehead atoms. The van der Waals surface area contributed by atoms with E-state index in [0.29, 0.717) is 0 Å². The lowest BCUT2D eigenvalue weighted by atomic mass is 9.84. The predicted octanol–water partition coefficient (Wildman–Crippen LogP) is 4.88. The van der Waals surface area contributed by atoms with E-state index in [1.54, 1.807) is 0 Å². The van der Waals surface area contributed by atoms with Crippen LogP contribution in [0.25, 0.3) is 10.4 Å². The van der Waals surface area contributed by atoms with Crippen molar-refractivity contribution in [1.29, 1.82) is 0 Å². The Hall–Kier alpha value is -2.25. The summed E-state index contributed by atoms with van der Waals surface area (Å²) in [6.07, 6.45) is 0. The monoisotopic (exact) mass is 251 g/mol. The topological polar surface area (TPSA) is 48.8 Å². The van der Waals surface area contributed by atoms with Crippen molar-refractivity contribution >= 4 is 0 Å². The van der Waals surface area contributed by atoms with Crippen molar-refractivity contribution in [3.8, 4) is 0 Å². The summed E-state index contributed by atoms with van der Waals surface area (Å²) < 4.78 is 0. The molecule has 0 saturated carbocycles. The highest BCUT2D eigenvalue weighted by atomic mass is 15.2. The van der Waals surface area contributed by atoms with Crippen molar-refractivity contribution in [3.63, 3.8) is 0 Å². The lowest BCUT2D eigenvalue weighted by Gasteiger charge is -2.26. The van der Waals surface area contributed by atoms with E-state index in [0.717, 1.165) is 11.1 Å². The second-order valence-electron chi connectivity index (χ2n) is 4.93. The minimum absolute atomic E-state index is 0.672. The molecule has 19 heavy (non-hydrogen) atoms. The largest absolute Gasteiger partial charge is 0.0959 e. The zero-order valence-electron chi connectivity index (χ0n) is 11.5. The van der Waals surface area contributed by atoms with Crippen LogP contribution < -0.4 is 0 Å². The third-order valence-corrected chi connectivity index (χ3v) is 3.65. The smallest absolute Gasteiger partial charge is 0.0781 e. The van der Waals surface area contributed by atoms with Gasteiger partial charge in [-0.25, -0.2) is 0 Å². The van der Waals surface area contributed by atoms with E-state index in [9.17, 15) is 0 Å². The zero-order chi connectivity index (χ0) is 13.9. The summed E-state index contributed by atoms with van der Waals surface area (Å²) >= 11 is 0. The van der Waals surface area contributed by atoms with E-state index in [2.05, 4.69) is 36.0 Å². The standard InChI is InChI=1S/C16H17N3/c1-12-9-10-15(11-13(12)2)16(3,18-19-17)14-7-5-4-6-8-14/h4-11H,1-3H3. The van der Waals surface area contributed by atoms with Crippen LogP contribution in [0.4, 0.5) is 0 Å². The average Bonchev–Trinajstić information content (AvgIpc) is 2.43. The highest BCUT2D eigenvalue weighted by molar-refractivity contribution is 5.41. The van der Waals surface area contributed by atoms with Crippen molar-refractivity contribution in [3.05, 3.63) is 81.2 Å². The molecule has 1 unspecified atom stereocenters. The maximum absolute atomic E-state index is 8.91. The van der Waals surface area contributed by atoms with E-state index >= 15 is 0 Å². The summed E-state index contributed by atoms with van der Waals surface area (Å²) in [5.41, 5.74) is 12.7. The molecule has 0 heterocycles. The first kappa shape index (κ1) is 13.2. The molecule has 0 aliphatic heterocycles. The van der Waals surface area contributed by atoms with Crippen molar-refractivity contribution in [2.24, 2.45) is 5.11 Å². The Bertz CT molecular complexity index is 628. The summed E-state index contributed by atoms with van der Waals surface area (Å²) in [4.78, 5) is 3.04. The van der Waals surface area contributed by atoms with Gasteiger partial charge in [-0.3, -0.25) is 0 Å². The van der Waals surface area contributed by atoms with Crippen molar-refractivity contribution in [1.82, 2.24) is 0 Å². The third-order valence-electron chi connectivity index (χ3n) is 3.65. The first-order chi connectivity index (χ1) is 9.08. The second-order valence-corrected chi connectivity index (χ2v) is 4.93. The highest BCUT2D eigenvalue weighted by Gasteiger charge is 2.27. The highest BCUT2D eigenvalue weighted by Crippen LogP contribution is 2.34. The minimum atomic E-state index is -0.672. The molecule has 96 valence electrons. The predicted molar refractivity (Wildman–Crippen MR) is 78.0 cm³/mol. The number of aryl methyl sites for hydroxylation is 2. The minimum Gasteiger partial charge on any atom is -0.0781 e. The van der Waals surface area contributed by atoms with Gasteiger partial charge in [-0.1, -0.05) is 53.6 Å². The SMILES string of the molecule is Cc1ccc(C(C)(N=[N+]=[N-])c2ccccc2)cc1C. The molecule has 0 amide bonds. The first-order valence-corrected chi connectivity index (χ1v) is 6.27. The molecule has 0 aliphatic carbocycles. The quantitative estimate of drug-likeness (QED) is 0.424. The van der Waals surface area contributed by atoms with Gasteiger partial charge in [0.15, 0.2) is 0 Å². The van der Waals surface area contributed by atoms with Crippen LogP contribution in [0.2, 0.25) is 0 Å². The third kappa shape index (κ3) is 2.47. The number of hydrogen-bond donors (Lipinski definition) is 0. The normalized spacial score (nSPS) is 13.4. The Labute approximate surface area is 113 Å². The number of azide groups is 1. The molecular weight excluding hydrogens is 234 g/mol. The molecule has 2 aromatic rings. The lowest BCUT2D eigenvalue weighted by Crippen LogP contribution is -2.20. The molecule has 0 fully saturated rings. The van der Waals surface area contributed by atoms with Crippen LogP contribution in [0.5, 0.6) is 0 Å². The summed E-state index contributed by atoms with van der Waals surface area (Å²) in [5, 5.41) is 4.05. The lowest BCUT2D eigenvalue weighted by molar-refractivity contribution is 0.597. The fraction of sp³-hybridized carbons (Fsp3) is 0.250. The van der Waals surface area contributed by atoms with Crippen LogP contribution >= 0.6 is 0 Å². The maximum Gasteiger partial charge on any atom is 0.0959 e. The summed E-state index contributed by atoms with van der Waals surface area (Å²) in [6.45, 7) is 6.10. The molecule has 0 aliphatic rings. The van der Waals surface area contributed by atoms with Gasteiger partial charge in [-0.05, 0) is 48.6 Å². The van der Waals surface area contributed by atoms with Crippen LogP contribution in [-0.4, -0.2) is 0 Å². The molecule has 3 nitrogen and oxygen atoms in total. The van der Waals surface area contributed by atoms with Crippen molar-refractivity contribution < 1.29 is 0 Å². The fourth-order valence-corrected chi connectivity index (χ4v) is 2.18. The molecule has 0 spiro atoms. The number of hydrogen-bond acceptors (Lipinski definition) is 1. The van der Waals surface area contributed by atoms with E-state index in [-0.39, 0.29) is 0 Å². The van der Waals surface area contributed by atoms with Gasteiger partial charge in [-0.15, -0.1) is 0 Å². The second kappa shape index (κ2) is 5.17. The average molecular weight is 251 g/mol. The van der Waals surface area contributed by atoms with Gasteiger partial charge in [0.05, 0.1) is 5.54 Å². The van der Waals surface area contributed by atoms with Gasteiger partial charge in [0.25, 0.3) is 0 Å². The number of benzene rings is 2. The van der Waals surface area contributed by atoms with Crippen LogP contribution in [0.15, 0.2) is 53.6 Å². The fourth-order valence-electron chi connectivity index (χ4n) is 2.18. The van der Waals surface area contributed by atoms with Gasteiger partial charge in [0.2, 0.25) is 0 Å². The van der Waals surface area contributed by atoms with E-state index in [1.807, 2.05) is 43.3 Å². The first-order valence-electron chi connectivity index (χ1n) is 6.27. The van der Waals surface area contributed by atoms with Crippen LogP contribution in [0.1, 0.15) is 29.2 Å². The van der Waals surface area contributed by atoms with Crippen LogP contribution in [0, 0.1) is 13.8 Å². The molecule has 2 aromatic carbocycles. The zero-order valence-corrected chi connectivity index (χ0v) is 11.5. The molecule has 0 N–H and O–H groups in total. The van der Waals surface area contributed by atoms with Crippen molar-refractivity contribution in [2.45, 2.75) is 26.3 Å². The number of nitrogens with zero attached hydrogens (tertiary/aromatic N) is 3. The Morgan fingerprint density at radius 3 is 2.21 bits per heavy atom. The molecule has 0 radical (unpaired) electrons. The summed E-state index contributed by atoms with van der Waals surface area (Å²) in [6, 6.07) is 16.1.